The summed E-state index contributed by atoms with van der Waals surface area (Å²) in [6.07, 6.45) is 0. The summed E-state index contributed by atoms with van der Waals surface area (Å²) in [7, 11) is 0. The maximum absolute atomic E-state index is 2.45. The Bertz CT molecular complexity index is 237. The third kappa shape index (κ3) is 3.36. The Morgan fingerprint density at radius 2 is 1.14 bits per heavy atom. The van der Waals surface area contributed by atoms with E-state index >= 15 is 0 Å². The van der Waals surface area contributed by atoms with Gasteiger partial charge in [0.25, 0.3) is 0 Å². The van der Waals surface area contributed by atoms with Crippen LogP contribution in [0.2, 0.25) is 0 Å². The second-order valence-corrected chi connectivity index (χ2v) is 5.54. The van der Waals surface area contributed by atoms with E-state index in [1.54, 1.807) is 0 Å². The summed E-state index contributed by atoms with van der Waals surface area (Å²) in [5.74, 6) is 1.36. The van der Waals surface area contributed by atoms with Crippen LogP contribution in [0.25, 0.3) is 0 Å². The van der Waals surface area contributed by atoms with Crippen LogP contribution in [-0.2, 0) is 0 Å². The Balaban J connectivity index is 2.78. The highest BCUT2D eigenvalue weighted by Crippen LogP contribution is 2.22. The van der Waals surface area contributed by atoms with Crippen LogP contribution in [0.1, 0.15) is 36.8 Å². The molecule has 14 heavy (non-hydrogen) atoms. The Morgan fingerprint density at radius 1 is 0.857 bits per heavy atom. The topological polar surface area (TPSA) is 0 Å². The summed E-state index contributed by atoms with van der Waals surface area (Å²) in [5, 5.41) is 0. The predicted octanol–water partition coefficient (Wildman–Crippen LogP) is 4.76. The molecule has 0 saturated carbocycles. The molecule has 0 radical (unpaired) electrons. The Kier molecular flexibility index (Phi) is 5.74. The molecule has 1 aromatic carbocycles. The molecule has 0 aliphatic carbocycles. The molecule has 78 valence electrons. The van der Waals surface area contributed by atoms with Crippen LogP contribution in [0, 0.1) is 0 Å². The van der Waals surface area contributed by atoms with E-state index < -0.39 is 0 Å². The van der Waals surface area contributed by atoms with Gasteiger partial charge in [-0.1, -0.05) is 83.3 Å². The fourth-order valence-electron chi connectivity index (χ4n) is 1.33. The minimum absolute atomic E-state index is 0.680. The summed E-state index contributed by atoms with van der Waals surface area (Å²) in [6.45, 7) is 4.56. The van der Waals surface area contributed by atoms with E-state index in [1.165, 1.54) is 20.0 Å². The zero-order valence-corrected chi connectivity index (χ0v) is 12.9. The first-order valence-electron chi connectivity index (χ1n) is 4.90. The highest BCUT2D eigenvalue weighted by atomic mass is 127. The summed E-state index contributed by atoms with van der Waals surface area (Å²) < 4.78 is 2.39. The van der Waals surface area contributed by atoms with Crippen molar-refractivity contribution in [1.29, 1.82) is 0 Å². The van der Waals surface area contributed by atoms with E-state index in [4.69, 9.17) is 0 Å². The number of rotatable bonds is 4. The van der Waals surface area contributed by atoms with Gasteiger partial charge in [0.15, 0.2) is 0 Å². The highest BCUT2D eigenvalue weighted by molar-refractivity contribution is 14.1. The molecule has 0 saturated heterocycles. The maximum Gasteiger partial charge on any atom is 0.00616 e. The lowest BCUT2D eigenvalue weighted by molar-refractivity contribution is 0.872. The second-order valence-electron chi connectivity index (χ2n) is 3.78. The van der Waals surface area contributed by atoms with Gasteiger partial charge in [-0.2, -0.15) is 0 Å². The molecule has 0 spiro atoms. The van der Waals surface area contributed by atoms with Crippen LogP contribution in [0.4, 0.5) is 0 Å². The molecule has 0 nitrogen and oxygen atoms in total. The Morgan fingerprint density at radius 3 is 1.36 bits per heavy atom. The van der Waals surface area contributed by atoms with Crippen LogP contribution >= 0.6 is 45.2 Å². The van der Waals surface area contributed by atoms with Gasteiger partial charge in [0.1, 0.15) is 0 Å². The molecule has 2 heteroatoms. The normalized spacial score (nSPS) is 15.1. The van der Waals surface area contributed by atoms with Gasteiger partial charge in [-0.25, -0.2) is 0 Å². The Hall–Kier alpha value is 0.680. The van der Waals surface area contributed by atoms with E-state index in [1.807, 2.05) is 0 Å². The molecule has 1 rings (SSSR count). The smallest absolute Gasteiger partial charge is 0.00616 e. The van der Waals surface area contributed by atoms with E-state index in [0.717, 1.165) is 0 Å². The third-order valence-corrected chi connectivity index (χ3v) is 5.18. The maximum atomic E-state index is 2.45. The van der Waals surface area contributed by atoms with E-state index in [-0.39, 0.29) is 0 Å². The monoisotopic (exact) mass is 414 g/mol. The van der Waals surface area contributed by atoms with Crippen LogP contribution in [0.15, 0.2) is 24.3 Å². The van der Waals surface area contributed by atoms with Crippen molar-refractivity contribution in [3.05, 3.63) is 35.4 Å². The summed E-state index contributed by atoms with van der Waals surface area (Å²) in [6, 6.07) is 9.12. The van der Waals surface area contributed by atoms with Crippen LogP contribution in [0.5, 0.6) is 0 Å². The van der Waals surface area contributed by atoms with Crippen molar-refractivity contribution < 1.29 is 0 Å². The fraction of sp³-hybridized carbons (Fsp3) is 0.500. The molecule has 0 bridgehead atoms. The first-order chi connectivity index (χ1) is 6.69. The molecular formula is C12H16I2. The number of halogens is 2. The van der Waals surface area contributed by atoms with Crippen molar-refractivity contribution in [2.75, 3.05) is 8.86 Å². The molecule has 0 aromatic heterocycles. The zero-order chi connectivity index (χ0) is 10.6. The minimum Gasteiger partial charge on any atom is -0.0857 e. The average Bonchev–Trinajstić information content (AvgIpc) is 2.27. The third-order valence-electron chi connectivity index (χ3n) is 2.54. The van der Waals surface area contributed by atoms with E-state index in [2.05, 4.69) is 83.3 Å². The number of hydrogen-bond donors (Lipinski definition) is 0. The largest absolute Gasteiger partial charge is 0.0857 e. The molecule has 0 heterocycles. The predicted molar refractivity (Wildman–Crippen MR) is 81.0 cm³/mol. The van der Waals surface area contributed by atoms with Crippen molar-refractivity contribution in [2.45, 2.75) is 25.7 Å². The van der Waals surface area contributed by atoms with Gasteiger partial charge in [-0.15, -0.1) is 0 Å². The second kappa shape index (κ2) is 6.30. The molecule has 2 unspecified atom stereocenters. The lowest BCUT2D eigenvalue weighted by Crippen LogP contribution is -1.97. The first kappa shape index (κ1) is 12.7. The zero-order valence-electron chi connectivity index (χ0n) is 8.63. The van der Waals surface area contributed by atoms with E-state index in [0.29, 0.717) is 11.8 Å². The fourth-order valence-corrected chi connectivity index (χ4v) is 2.35. The first-order valence-corrected chi connectivity index (χ1v) is 7.96. The molecular weight excluding hydrogens is 398 g/mol. The van der Waals surface area contributed by atoms with Gasteiger partial charge in [-0.05, 0) is 23.0 Å². The van der Waals surface area contributed by atoms with Gasteiger partial charge in [0, 0.05) is 8.86 Å². The van der Waals surface area contributed by atoms with Crippen molar-refractivity contribution in [2.24, 2.45) is 0 Å². The Labute approximate surface area is 114 Å². The lowest BCUT2D eigenvalue weighted by atomic mass is 9.97. The van der Waals surface area contributed by atoms with E-state index in [9.17, 15) is 0 Å². The van der Waals surface area contributed by atoms with Gasteiger partial charge >= 0.3 is 0 Å². The highest BCUT2D eigenvalue weighted by Gasteiger charge is 2.06. The number of hydrogen-bond acceptors (Lipinski definition) is 0. The average molecular weight is 414 g/mol. The molecule has 0 amide bonds. The van der Waals surface area contributed by atoms with Gasteiger partial charge in [0.2, 0.25) is 0 Å². The van der Waals surface area contributed by atoms with Crippen molar-refractivity contribution in [3.63, 3.8) is 0 Å². The van der Waals surface area contributed by atoms with Crippen molar-refractivity contribution in [3.8, 4) is 0 Å². The molecule has 1 aromatic rings. The quantitative estimate of drug-likeness (QED) is 0.493. The van der Waals surface area contributed by atoms with Crippen molar-refractivity contribution in [1.82, 2.24) is 0 Å². The van der Waals surface area contributed by atoms with Gasteiger partial charge in [0.05, 0.1) is 0 Å². The molecule has 0 fully saturated rings. The number of benzene rings is 1. The van der Waals surface area contributed by atoms with Crippen LogP contribution in [-0.4, -0.2) is 8.86 Å². The molecule has 0 N–H and O–H groups in total. The number of alkyl halides is 2. The van der Waals surface area contributed by atoms with Gasteiger partial charge in [-0.3, -0.25) is 0 Å². The lowest BCUT2D eigenvalue weighted by Gasteiger charge is -2.11. The molecule has 0 aliphatic rings. The standard InChI is InChI=1S/C12H16I2/c1-9(7-13)11-3-5-12(6-4-11)10(2)8-14/h3-6,9-10H,7-8H2,1-2H3. The summed E-state index contributed by atoms with van der Waals surface area (Å²) >= 11 is 4.89. The summed E-state index contributed by atoms with van der Waals surface area (Å²) in [4.78, 5) is 0. The van der Waals surface area contributed by atoms with Crippen LogP contribution < -0.4 is 0 Å². The summed E-state index contributed by atoms with van der Waals surface area (Å²) in [5.41, 5.74) is 2.92. The molecule has 2 atom stereocenters. The molecule has 0 aliphatic heterocycles. The SMILES string of the molecule is CC(CI)c1ccc(C(C)CI)cc1. The van der Waals surface area contributed by atoms with Gasteiger partial charge < -0.3 is 0 Å². The van der Waals surface area contributed by atoms with Crippen molar-refractivity contribution >= 4 is 45.2 Å². The minimum atomic E-state index is 0.680. The van der Waals surface area contributed by atoms with Crippen LogP contribution in [0.3, 0.4) is 0 Å².